The Bertz CT molecular complexity index is 464. The highest BCUT2D eigenvalue weighted by molar-refractivity contribution is 5.79. The number of fused-ring (bicyclic) bond motifs is 1. The summed E-state index contributed by atoms with van der Waals surface area (Å²) >= 11 is 0. The summed E-state index contributed by atoms with van der Waals surface area (Å²) in [5.74, 6) is 0.0681. The Hall–Kier alpha value is -1.72. The summed E-state index contributed by atoms with van der Waals surface area (Å²) in [6.45, 7) is -1.33. The van der Waals surface area contributed by atoms with Gasteiger partial charge in [0, 0.05) is 0 Å². The van der Waals surface area contributed by atoms with Gasteiger partial charge in [-0.25, -0.2) is 4.98 Å². The number of alkyl halides is 3. The molecule has 6 heteroatoms. The standard InChI is InChI=1S/C9H6F3NO2/c10-9(11,12)4-14-6-2-1-3-7-8(6)13-5-15-7/h1-3,5H,4H2. The molecule has 0 atom stereocenters. The number of oxazole rings is 1. The molecule has 3 nitrogen and oxygen atoms in total. The Morgan fingerprint density at radius 2 is 2.13 bits per heavy atom. The number of hydrogen-bond acceptors (Lipinski definition) is 3. The Morgan fingerprint density at radius 3 is 2.87 bits per heavy atom. The third kappa shape index (κ3) is 2.20. The molecule has 0 aliphatic rings. The molecule has 2 aromatic rings. The van der Waals surface area contributed by atoms with E-state index in [-0.39, 0.29) is 5.75 Å². The molecule has 0 saturated heterocycles. The molecule has 0 aliphatic carbocycles. The van der Waals surface area contributed by atoms with Gasteiger partial charge in [0.15, 0.2) is 24.1 Å². The van der Waals surface area contributed by atoms with E-state index in [2.05, 4.69) is 9.72 Å². The Balaban J connectivity index is 2.24. The van der Waals surface area contributed by atoms with Crippen molar-refractivity contribution >= 4 is 11.1 Å². The van der Waals surface area contributed by atoms with Gasteiger partial charge >= 0.3 is 6.18 Å². The van der Waals surface area contributed by atoms with Crippen LogP contribution < -0.4 is 4.74 Å². The Kier molecular flexibility index (Phi) is 2.26. The van der Waals surface area contributed by atoms with E-state index < -0.39 is 12.8 Å². The summed E-state index contributed by atoms with van der Waals surface area (Å²) < 4.78 is 45.2. The predicted octanol–water partition coefficient (Wildman–Crippen LogP) is 2.77. The zero-order valence-electron chi connectivity index (χ0n) is 7.41. The average molecular weight is 217 g/mol. The van der Waals surface area contributed by atoms with Gasteiger partial charge in [0.1, 0.15) is 5.75 Å². The monoisotopic (exact) mass is 217 g/mol. The number of aromatic nitrogens is 1. The smallest absolute Gasteiger partial charge is 0.422 e. The quantitative estimate of drug-likeness (QED) is 0.775. The van der Waals surface area contributed by atoms with Crippen LogP contribution in [0.1, 0.15) is 0 Å². The zero-order valence-corrected chi connectivity index (χ0v) is 7.41. The fourth-order valence-corrected chi connectivity index (χ4v) is 1.14. The van der Waals surface area contributed by atoms with Crippen molar-refractivity contribution in [2.24, 2.45) is 0 Å². The number of nitrogens with zero attached hydrogens (tertiary/aromatic N) is 1. The first kappa shape index (κ1) is 9.82. The molecule has 1 heterocycles. The van der Waals surface area contributed by atoms with Crippen LogP contribution in [-0.2, 0) is 0 Å². The number of hydrogen-bond donors (Lipinski definition) is 0. The van der Waals surface area contributed by atoms with Gasteiger partial charge in [0.05, 0.1) is 0 Å². The summed E-state index contributed by atoms with van der Waals surface area (Å²) in [7, 11) is 0. The van der Waals surface area contributed by atoms with Gasteiger partial charge in [-0.1, -0.05) is 6.07 Å². The third-order valence-corrected chi connectivity index (χ3v) is 1.71. The van der Waals surface area contributed by atoms with Crippen LogP contribution in [0.5, 0.6) is 5.75 Å². The van der Waals surface area contributed by atoms with E-state index in [9.17, 15) is 13.2 Å². The Labute approximate surface area is 82.5 Å². The molecule has 0 spiro atoms. The molecule has 0 radical (unpaired) electrons. The van der Waals surface area contributed by atoms with Crippen molar-refractivity contribution in [3.8, 4) is 5.75 Å². The lowest BCUT2D eigenvalue weighted by Gasteiger charge is -2.08. The van der Waals surface area contributed by atoms with Gasteiger partial charge in [-0.15, -0.1) is 0 Å². The maximum absolute atomic E-state index is 11.9. The number of para-hydroxylation sites is 1. The van der Waals surface area contributed by atoms with Crippen molar-refractivity contribution in [1.82, 2.24) is 4.98 Å². The van der Waals surface area contributed by atoms with E-state index in [4.69, 9.17) is 4.42 Å². The van der Waals surface area contributed by atoms with E-state index in [1.165, 1.54) is 6.07 Å². The molecule has 0 fully saturated rings. The highest BCUT2D eigenvalue weighted by Crippen LogP contribution is 2.25. The fraction of sp³-hybridized carbons (Fsp3) is 0.222. The number of ether oxygens (including phenoxy) is 1. The summed E-state index contributed by atoms with van der Waals surface area (Å²) in [6, 6.07) is 4.55. The van der Waals surface area contributed by atoms with E-state index in [1.54, 1.807) is 12.1 Å². The molecule has 2 rings (SSSR count). The first-order chi connectivity index (χ1) is 7.06. The highest BCUT2D eigenvalue weighted by Gasteiger charge is 2.28. The maximum Gasteiger partial charge on any atom is 0.422 e. The molecule has 15 heavy (non-hydrogen) atoms. The minimum absolute atomic E-state index is 0.0681. The van der Waals surface area contributed by atoms with Crippen molar-refractivity contribution in [2.45, 2.75) is 6.18 Å². The van der Waals surface area contributed by atoms with Crippen molar-refractivity contribution in [2.75, 3.05) is 6.61 Å². The third-order valence-electron chi connectivity index (χ3n) is 1.71. The van der Waals surface area contributed by atoms with E-state index >= 15 is 0 Å². The van der Waals surface area contributed by atoms with Gasteiger partial charge in [0.2, 0.25) is 0 Å². The van der Waals surface area contributed by atoms with Gasteiger partial charge in [0.25, 0.3) is 0 Å². The second-order valence-electron chi connectivity index (χ2n) is 2.86. The van der Waals surface area contributed by atoms with Crippen LogP contribution in [0.25, 0.3) is 11.1 Å². The first-order valence-corrected chi connectivity index (χ1v) is 4.08. The van der Waals surface area contributed by atoms with Crippen LogP contribution in [-0.4, -0.2) is 17.8 Å². The van der Waals surface area contributed by atoms with E-state index in [0.717, 1.165) is 6.39 Å². The second-order valence-corrected chi connectivity index (χ2v) is 2.86. The predicted molar refractivity (Wildman–Crippen MR) is 45.6 cm³/mol. The number of benzene rings is 1. The molecule has 0 amide bonds. The molecule has 1 aromatic heterocycles. The maximum atomic E-state index is 11.9. The average Bonchev–Trinajstić information content (AvgIpc) is 2.61. The Morgan fingerprint density at radius 1 is 1.33 bits per heavy atom. The molecular formula is C9H6F3NO2. The van der Waals surface area contributed by atoms with Gasteiger partial charge in [-0.05, 0) is 12.1 Å². The molecule has 80 valence electrons. The van der Waals surface area contributed by atoms with Crippen molar-refractivity contribution < 1.29 is 22.3 Å². The van der Waals surface area contributed by atoms with E-state index in [1.807, 2.05) is 0 Å². The summed E-state index contributed by atoms with van der Waals surface area (Å²) in [5, 5.41) is 0. The van der Waals surface area contributed by atoms with Gasteiger partial charge in [-0.3, -0.25) is 0 Å². The molecule has 1 aromatic carbocycles. The molecular weight excluding hydrogens is 211 g/mol. The normalized spacial score (nSPS) is 11.9. The first-order valence-electron chi connectivity index (χ1n) is 4.08. The topological polar surface area (TPSA) is 35.3 Å². The van der Waals surface area contributed by atoms with Crippen molar-refractivity contribution in [3.05, 3.63) is 24.6 Å². The molecule has 0 unspecified atom stereocenters. The summed E-state index contributed by atoms with van der Waals surface area (Å²) in [5.41, 5.74) is 0.691. The lowest BCUT2D eigenvalue weighted by molar-refractivity contribution is -0.153. The van der Waals surface area contributed by atoms with Crippen LogP contribution in [0, 0.1) is 0 Å². The van der Waals surface area contributed by atoms with Crippen LogP contribution in [0.3, 0.4) is 0 Å². The fourth-order valence-electron chi connectivity index (χ4n) is 1.14. The van der Waals surface area contributed by atoms with Crippen LogP contribution in [0.15, 0.2) is 29.0 Å². The summed E-state index contributed by atoms with van der Waals surface area (Å²) in [4.78, 5) is 3.76. The lowest BCUT2D eigenvalue weighted by atomic mass is 10.3. The van der Waals surface area contributed by atoms with Crippen LogP contribution >= 0.6 is 0 Å². The van der Waals surface area contributed by atoms with Crippen LogP contribution in [0.2, 0.25) is 0 Å². The van der Waals surface area contributed by atoms with Crippen LogP contribution in [0.4, 0.5) is 13.2 Å². The van der Waals surface area contributed by atoms with Crippen molar-refractivity contribution in [3.63, 3.8) is 0 Å². The van der Waals surface area contributed by atoms with Gasteiger partial charge in [-0.2, -0.15) is 13.2 Å². The zero-order chi connectivity index (χ0) is 10.9. The number of rotatable bonds is 2. The largest absolute Gasteiger partial charge is 0.482 e. The minimum atomic E-state index is -4.36. The van der Waals surface area contributed by atoms with Crippen molar-refractivity contribution in [1.29, 1.82) is 0 Å². The van der Waals surface area contributed by atoms with E-state index in [0.29, 0.717) is 11.1 Å². The van der Waals surface area contributed by atoms with Gasteiger partial charge < -0.3 is 9.15 Å². The molecule has 0 aliphatic heterocycles. The highest BCUT2D eigenvalue weighted by atomic mass is 19.4. The minimum Gasteiger partial charge on any atom is -0.482 e. The molecule has 0 N–H and O–H groups in total. The molecule has 0 bridgehead atoms. The number of halogens is 3. The molecule has 0 saturated carbocycles. The lowest BCUT2D eigenvalue weighted by Crippen LogP contribution is -2.19. The second kappa shape index (κ2) is 3.45. The summed E-state index contributed by atoms with van der Waals surface area (Å²) in [6.07, 6.45) is -3.20. The SMILES string of the molecule is FC(F)(F)COc1cccc2ocnc12.